The van der Waals surface area contributed by atoms with Crippen LogP contribution in [0.1, 0.15) is 51.1 Å². The summed E-state index contributed by atoms with van der Waals surface area (Å²) in [6.45, 7) is 5.56. The lowest BCUT2D eigenvalue weighted by atomic mass is 10.0. The molecule has 2 aromatic rings. The summed E-state index contributed by atoms with van der Waals surface area (Å²) in [6, 6.07) is 4.99. The summed E-state index contributed by atoms with van der Waals surface area (Å²) in [7, 11) is -4.01. The molecule has 1 aromatic heterocycles. The summed E-state index contributed by atoms with van der Waals surface area (Å²) in [6.07, 6.45) is 1.03. The van der Waals surface area contributed by atoms with E-state index in [0.717, 1.165) is 0 Å². The number of hydrogen-bond donors (Lipinski definition) is 1. The molecular weight excluding hydrogens is 361 g/mol. The van der Waals surface area contributed by atoms with Gasteiger partial charge in [-0.15, -0.1) is 5.10 Å². The molecule has 1 atom stereocenters. The number of halogens is 1. The van der Waals surface area contributed by atoms with Crippen molar-refractivity contribution in [3.05, 3.63) is 41.5 Å². The van der Waals surface area contributed by atoms with E-state index in [1.807, 2.05) is 20.8 Å². The Morgan fingerprint density at radius 1 is 1.27 bits per heavy atom. The number of nitrogens with zero attached hydrogens (tertiary/aromatic N) is 2. The molecule has 0 aliphatic carbocycles. The van der Waals surface area contributed by atoms with E-state index in [1.165, 1.54) is 18.2 Å². The molecule has 0 saturated heterocycles. The molecule has 142 valence electrons. The van der Waals surface area contributed by atoms with E-state index in [2.05, 4.69) is 15.5 Å². The van der Waals surface area contributed by atoms with Gasteiger partial charge in [0.05, 0.1) is 5.75 Å². The Kier molecular flexibility index (Phi) is 6.47. The second-order valence-corrected chi connectivity index (χ2v) is 8.16. The van der Waals surface area contributed by atoms with Crippen LogP contribution >= 0.6 is 0 Å². The average Bonchev–Trinajstić information content (AvgIpc) is 3.05. The summed E-state index contributed by atoms with van der Waals surface area (Å²) in [5, 5.41) is 9.54. The van der Waals surface area contributed by atoms with Gasteiger partial charge < -0.3 is 9.73 Å². The maximum absolute atomic E-state index is 13.7. The summed E-state index contributed by atoms with van der Waals surface area (Å²) in [5.74, 6) is -1.46. The van der Waals surface area contributed by atoms with Crippen molar-refractivity contribution >= 4 is 15.7 Å². The summed E-state index contributed by atoms with van der Waals surface area (Å²) < 4.78 is 43.9. The van der Waals surface area contributed by atoms with Crippen LogP contribution in [-0.2, 0) is 20.4 Å². The lowest BCUT2D eigenvalue weighted by molar-refractivity contribution is -0.122. The fraction of sp³-hybridized carbons (Fsp3) is 0.471. The number of amides is 1. The molecule has 1 heterocycles. The first-order chi connectivity index (χ1) is 12.2. The summed E-state index contributed by atoms with van der Waals surface area (Å²) in [4.78, 5) is 11.9. The summed E-state index contributed by atoms with van der Waals surface area (Å²) >= 11 is 0. The average molecular weight is 383 g/mol. The second-order valence-electron chi connectivity index (χ2n) is 6.30. The Hall–Kier alpha value is -2.29. The van der Waals surface area contributed by atoms with Crippen LogP contribution in [-0.4, -0.2) is 24.5 Å². The van der Waals surface area contributed by atoms with Crippen molar-refractivity contribution in [3.63, 3.8) is 0 Å². The summed E-state index contributed by atoms with van der Waals surface area (Å²) in [5.41, 5.74) is 0.0175. The van der Waals surface area contributed by atoms with E-state index in [4.69, 9.17) is 4.42 Å². The zero-order valence-corrected chi connectivity index (χ0v) is 15.7. The molecule has 26 heavy (non-hydrogen) atoms. The van der Waals surface area contributed by atoms with Crippen LogP contribution in [0.15, 0.2) is 33.9 Å². The van der Waals surface area contributed by atoms with Gasteiger partial charge in [0.25, 0.3) is 0 Å². The van der Waals surface area contributed by atoms with E-state index in [0.29, 0.717) is 12.8 Å². The first-order valence-electron chi connectivity index (χ1n) is 8.33. The van der Waals surface area contributed by atoms with Crippen LogP contribution in [0.2, 0.25) is 0 Å². The zero-order valence-electron chi connectivity index (χ0n) is 14.9. The highest BCUT2D eigenvalue weighted by Crippen LogP contribution is 2.24. The number of sulfone groups is 1. The first-order valence-corrected chi connectivity index (χ1v) is 9.98. The molecule has 0 aliphatic heterocycles. The predicted molar refractivity (Wildman–Crippen MR) is 92.2 cm³/mol. The van der Waals surface area contributed by atoms with Crippen molar-refractivity contribution in [3.8, 4) is 0 Å². The molecule has 0 bridgehead atoms. The van der Waals surface area contributed by atoms with Gasteiger partial charge in [0.15, 0.2) is 0 Å². The normalized spacial score (nSPS) is 13.0. The number of carbonyl (C=O) groups is 1. The van der Waals surface area contributed by atoms with Crippen molar-refractivity contribution in [2.45, 2.75) is 50.6 Å². The molecule has 1 N–H and O–H groups in total. The van der Waals surface area contributed by atoms with E-state index in [-0.39, 0.29) is 23.3 Å². The van der Waals surface area contributed by atoms with Gasteiger partial charge in [-0.3, -0.25) is 4.79 Å². The van der Waals surface area contributed by atoms with Crippen molar-refractivity contribution in [1.82, 2.24) is 15.5 Å². The second kappa shape index (κ2) is 8.39. The highest BCUT2D eigenvalue weighted by Gasteiger charge is 2.29. The smallest absolute Gasteiger partial charge is 0.335 e. The molecule has 7 nitrogen and oxygen atoms in total. The molecule has 0 radical (unpaired) electrons. The largest absolute Gasteiger partial charge is 0.410 e. The van der Waals surface area contributed by atoms with Crippen molar-refractivity contribution in [2.24, 2.45) is 5.92 Å². The Morgan fingerprint density at radius 2 is 1.96 bits per heavy atom. The molecule has 1 amide bonds. The minimum atomic E-state index is -4.01. The lowest BCUT2D eigenvalue weighted by Gasteiger charge is -2.18. The lowest BCUT2D eigenvalue weighted by Crippen LogP contribution is -2.31. The quantitative estimate of drug-likeness (QED) is 0.752. The van der Waals surface area contributed by atoms with Gasteiger partial charge >= 0.3 is 5.22 Å². The van der Waals surface area contributed by atoms with Gasteiger partial charge in [0.2, 0.25) is 21.6 Å². The molecule has 0 saturated carbocycles. The fourth-order valence-electron chi connectivity index (χ4n) is 2.34. The maximum Gasteiger partial charge on any atom is 0.335 e. The molecule has 9 heteroatoms. The third-order valence-corrected chi connectivity index (χ3v) is 5.11. The van der Waals surface area contributed by atoms with Gasteiger partial charge in [0, 0.05) is 12.0 Å². The van der Waals surface area contributed by atoms with Gasteiger partial charge in [-0.1, -0.05) is 44.1 Å². The van der Waals surface area contributed by atoms with Gasteiger partial charge in [-0.2, -0.15) is 0 Å². The fourth-order valence-corrected chi connectivity index (χ4v) is 3.48. The third kappa shape index (κ3) is 4.87. The Labute approximate surface area is 151 Å². The minimum absolute atomic E-state index is 0.0107. The van der Waals surface area contributed by atoms with E-state index in [9.17, 15) is 17.6 Å². The Morgan fingerprint density at radius 3 is 2.58 bits per heavy atom. The Balaban J connectivity index is 2.23. The number of nitrogens with one attached hydrogen (secondary N) is 1. The number of benzene rings is 1. The number of carbonyl (C=O) groups excluding carboxylic acids is 1. The first kappa shape index (κ1) is 20.0. The van der Waals surface area contributed by atoms with Gasteiger partial charge in [-0.05, 0) is 18.4 Å². The van der Waals surface area contributed by atoms with Crippen LogP contribution in [0.3, 0.4) is 0 Å². The molecule has 0 unspecified atom stereocenters. The van der Waals surface area contributed by atoms with Gasteiger partial charge in [-0.25, -0.2) is 12.8 Å². The highest BCUT2D eigenvalue weighted by atomic mass is 32.2. The van der Waals surface area contributed by atoms with Crippen molar-refractivity contribution in [2.75, 3.05) is 0 Å². The minimum Gasteiger partial charge on any atom is -0.410 e. The van der Waals surface area contributed by atoms with Gasteiger partial charge in [0.1, 0.15) is 11.9 Å². The number of rotatable bonds is 8. The third-order valence-electron chi connectivity index (χ3n) is 3.72. The van der Waals surface area contributed by atoms with Crippen LogP contribution < -0.4 is 5.32 Å². The number of hydrogen-bond acceptors (Lipinski definition) is 6. The topological polar surface area (TPSA) is 102 Å². The van der Waals surface area contributed by atoms with Crippen molar-refractivity contribution in [1.29, 1.82) is 0 Å². The van der Waals surface area contributed by atoms with Crippen LogP contribution in [0.5, 0.6) is 0 Å². The SMILES string of the molecule is CCCC(=O)N[C@H](c1nnc(S(=O)(=O)Cc2ccccc2F)o1)C(C)C. The monoisotopic (exact) mass is 383 g/mol. The van der Waals surface area contributed by atoms with Crippen molar-refractivity contribution < 1.29 is 22.0 Å². The van der Waals surface area contributed by atoms with Crippen LogP contribution in [0.25, 0.3) is 0 Å². The predicted octanol–water partition coefficient (Wildman–Crippen LogP) is 2.80. The standard InChI is InChI=1S/C17H22FN3O4S/c1-4-7-14(22)19-15(11(2)3)16-20-21-17(25-16)26(23,24)10-12-8-5-6-9-13(12)18/h5-6,8-9,11,15H,4,7,10H2,1-3H3,(H,19,22)/t15-/m0/s1. The Bertz CT molecular complexity index is 864. The molecule has 2 rings (SSSR count). The zero-order chi connectivity index (χ0) is 19.3. The van der Waals surface area contributed by atoms with Crippen LogP contribution in [0, 0.1) is 11.7 Å². The highest BCUT2D eigenvalue weighted by molar-refractivity contribution is 7.90. The molecular formula is C17H22FN3O4S. The molecule has 0 spiro atoms. The molecule has 0 fully saturated rings. The number of aromatic nitrogens is 2. The molecule has 1 aromatic carbocycles. The maximum atomic E-state index is 13.7. The van der Waals surface area contributed by atoms with E-state index in [1.54, 1.807) is 6.07 Å². The van der Waals surface area contributed by atoms with E-state index < -0.39 is 32.7 Å². The molecule has 0 aliphatic rings. The van der Waals surface area contributed by atoms with E-state index >= 15 is 0 Å². The van der Waals surface area contributed by atoms with Crippen LogP contribution in [0.4, 0.5) is 4.39 Å².